The molecule has 0 radical (unpaired) electrons. The number of pyridine rings is 1. The summed E-state index contributed by atoms with van der Waals surface area (Å²) in [6.07, 6.45) is 7.35. The maximum absolute atomic E-state index is 5.79. The number of hydrogen-bond acceptors (Lipinski definition) is 3. The monoisotopic (exact) mass is 205 g/mol. The van der Waals surface area contributed by atoms with Crippen LogP contribution in [0.1, 0.15) is 31.4 Å². The Morgan fingerprint density at radius 2 is 2.33 bits per heavy atom. The molecule has 0 spiro atoms. The first kappa shape index (κ1) is 10.4. The van der Waals surface area contributed by atoms with Crippen LogP contribution in [0.5, 0.6) is 0 Å². The van der Waals surface area contributed by atoms with Gasteiger partial charge in [-0.25, -0.2) is 0 Å². The first-order chi connectivity index (χ1) is 7.36. The zero-order valence-corrected chi connectivity index (χ0v) is 9.08. The summed E-state index contributed by atoms with van der Waals surface area (Å²) in [7, 11) is 0. The van der Waals surface area contributed by atoms with E-state index < -0.39 is 0 Å². The number of hydrogen-bond donors (Lipinski definition) is 2. The summed E-state index contributed by atoms with van der Waals surface area (Å²) >= 11 is 0. The summed E-state index contributed by atoms with van der Waals surface area (Å²) in [5.41, 5.74) is 7.54. The molecule has 3 nitrogen and oxygen atoms in total. The van der Waals surface area contributed by atoms with E-state index in [1.165, 1.54) is 25.7 Å². The van der Waals surface area contributed by atoms with Crippen molar-refractivity contribution in [1.82, 2.24) is 10.3 Å². The van der Waals surface area contributed by atoms with Crippen LogP contribution in [0.25, 0.3) is 0 Å². The van der Waals surface area contributed by atoms with Crippen LogP contribution in [0, 0.1) is 5.92 Å². The van der Waals surface area contributed by atoms with Crippen molar-refractivity contribution < 1.29 is 0 Å². The standard InChI is InChI=1S/C12H19N3/c13-11-4-2-8-15-12(11)9-14-7-1-3-10-5-6-10/h2,4,8,10,14H,1,3,5-7,9,13H2. The Bertz CT molecular complexity index is 307. The molecule has 0 aliphatic heterocycles. The fraction of sp³-hybridized carbons (Fsp3) is 0.583. The second kappa shape index (κ2) is 5.12. The van der Waals surface area contributed by atoms with E-state index in [1.807, 2.05) is 12.1 Å². The molecule has 1 aliphatic carbocycles. The highest BCUT2D eigenvalue weighted by Gasteiger charge is 2.19. The lowest BCUT2D eigenvalue weighted by Gasteiger charge is -2.05. The molecule has 0 bridgehead atoms. The van der Waals surface area contributed by atoms with Gasteiger partial charge in [-0.2, -0.15) is 0 Å². The Kier molecular flexibility index (Phi) is 3.56. The average Bonchev–Trinajstić information content (AvgIpc) is 3.04. The number of anilines is 1. The maximum Gasteiger partial charge on any atom is 0.0770 e. The van der Waals surface area contributed by atoms with Gasteiger partial charge in [-0.3, -0.25) is 4.98 Å². The van der Waals surface area contributed by atoms with E-state index >= 15 is 0 Å². The van der Waals surface area contributed by atoms with Gasteiger partial charge in [0.05, 0.1) is 11.4 Å². The Balaban J connectivity index is 1.62. The van der Waals surface area contributed by atoms with Crippen molar-refractivity contribution in [2.75, 3.05) is 12.3 Å². The lowest BCUT2D eigenvalue weighted by atomic mass is 10.2. The van der Waals surface area contributed by atoms with Crippen LogP contribution in [0.3, 0.4) is 0 Å². The molecule has 1 saturated carbocycles. The molecule has 1 aliphatic rings. The van der Waals surface area contributed by atoms with Crippen molar-refractivity contribution in [3.05, 3.63) is 24.0 Å². The second-order valence-corrected chi connectivity index (χ2v) is 4.30. The summed E-state index contributed by atoms with van der Waals surface area (Å²) in [6.45, 7) is 1.86. The molecule has 15 heavy (non-hydrogen) atoms. The number of nitrogens with zero attached hydrogens (tertiary/aromatic N) is 1. The highest BCUT2D eigenvalue weighted by molar-refractivity contribution is 5.41. The lowest BCUT2D eigenvalue weighted by Crippen LogP contribution is -2.16. The normalized spacial score (nSPS) is 15.5. The van der Waals surface area contributed by atoms with E-state index in [0.717, 1.165) is 30.4 Å². The van der Waals surface area contributed by atoms with Crippen molar-refractivity contribution in [3.8, 4) is 0 Å². The lowest BCUT2D eigenvalue weighted by molar-refractivity contribution is 0.590. The van der Waals surface area contributed by atoms with Crippen molar-refractivity contribution in [3.63, 3.8) is 0 Å². The van der Waals surface area contributed by atoms with Gasteiger partial charge in [0.15, 0.2) is 0 Å². The van der Waals surface area contributed by atoms with Crippen LogP contribution < -0.4 is 11.1 Å². The maximum atomic E-state index is 5.79. The summed E-state index contributed by atoms with van der Waals surface area (Å²) in [5, 5.41) is 3.38. The highest BCUT2D eigenvalue weighted by atomic mass is 14.9. The zero-order chi connectivity index (χ0) is 10.5. The molecular formula is C12H19N3. The minimum absolute atomic E-state index is 0.784. The van der Waals surface area contributed by atoms with E-state index in [-0.39, 0.29) is 0 Å². The molecule has 0 unspecified atom stereocenters. The number of rotatable bonds is 6. The molecule has 0 amide bonds. The molecule has 3 N–H and O–H groups in total. The zero-order valence-electron chi connectivity index (χ0n) is 9.08. The number of aromatic nitrogens is 1. The Morgan fingerprint density at radius 1 is 1.47 bits per heavy atom. The van der Waals surface area contributed by atoms with Gasteiger partial charge < -0.3 is 11.1 Å². The topological polar surface area (TPSA) is 50.9 Å². The highest BCUT2D eigenvalue weighted by Crippen LogP contribution is 2.33. The third-order valence-corrected chi connectivity index (χ3v) is 2.88. The largest absolute Gasteiger partial charge is 0.397 e. The predicted molar refractivity (Wildman–Crippen MR) is 62.3 cm³/mol. The van der Waals surface area contributed by atoms with Gasteiger partial charge in [0.2, 0.25) is 0 Å². The van der Waals surface area contributed by atoms with Crippen molar-refractivity contribution >= 4 is 5.69 Å². The van der Waals surface area contributed by atoms with E-state index in [9.17, 15) is 0 Å². The van der Waals surface area contributed by atoms with E-state index in [1.54, 1.807) is 6.20 Å². The van der Waals surface area contributed by atoms with E-state index in [2.05, 4.69) is 10.3 Å². The Morgan fingerprint density at radius 3 is 3.07 bits per heavy atom. The van der Waals surface area contributed by atoms with Crippen LogP contribution in [0.4, 0.5) is 5.69 Å². The van der Waals surface area contributed by atoms with Crippen LogP contribution in [0.2, 0.25) is 0 Å². The molecule has 3 heteroatoms. The number of nitrogen functional groups attached to an aromatic ring is 1. The average molecular weight is 205 g/mol. The molecule has 1 fully saturated rings. The molecule has 2 rings (SSSR count). The number of nitrogens with two attached hydrogens (primary N) is 1. The second-order valence-electron chi connectivity index (χ2n) is 4.30. The van der Waals surface area contributed by atoms with Crippen LogP contribution in [0.15, 0.2) is 18.3 Å². The van der Waals surface area contributed by atoms with Crippen molar-refractivity contribution in [1.29, 1.82) is 0 Å². The molecule has 0 atom stereocenters. The molecule has 1 heterocycles. The van der Waals surface area contributed by atoms with Crippen LogP contribution in [-0.4, -0.2) is 11.5 Å². The third-order valence-electron chi connectivity index (χ3n) is 2.88. The van der Waals surface area contributed by atoms with Crippen LogP contribution in [-0.2, 0) is 6.54 Å². The predicted octanol–water partition coefficient (Wildman–Crippen LogP) is 1.94. The van der Waals surface area contributed by atoms with Gasteiger partial charge >= 0.3 is 0 Å². The van der Waals surface area contributed by atoms with Crippen LogP contribution >= 0.6 is 0 Å². The Labute approximate surface area is 91.1 Å². The third kappa shape index (κ3) is 3.51. The van der Waals surface area contributed by atoms with Gasteiger partial charge in [0, 0.05) is 12.7 Å². The SMILES string of the molecule is Nc1cccnc1CNCCCC1CC1. The summed E-state index contributed by atoms with van der Waals surface area (Å²) in [5.74, 6) is 1.03. The smallest absolute Gasteiger partial charge is 0.0770 e. The fourth-order valence-corrected chi connectivity index (χ4v) is 1.73. The van der Waals surface area contributed by atoms with Gasteiger partial charge in [-0.1, -0.05) is 12.8 Å². The Hall–Kier alpha value is -1.09. The molecule has 0 saturated heterocycles. The van der Waals surface area contributed by atoms with Gasteiger partial charge in [-0.05, 0) is 37.4 Å². The number of nitrogens with one attached hydrogen (secondary N) is 1. The molecule has 1 aromatic rings. The quantitative estimate of drug-likeness (QED) is 0.698. The molecule has 82 valence electrons. The first-order valence-corrected chi connectivity index (χ1v) is 5.76. The summed E-state index contributed by atoms with van der Waals surface area (Å²) < 4.78 is 0. The minimum Gasteiger partial charge on any atom is -0.397 e. The first-order valence-electron chi connectivity index (χ1n) is 5.76. The molecule has 1 aromatic heterocycles. The van der Waals surface area contributed by atoms with Crippen molar-refractivity contribution in [2.45, 2.75) is 32.2 Å². The van der Waals surface area contributed by atoms with Gasteiger partial charge in [0.1, 0.15) is 0 Å². The van der Waals surface area contributed by atoms with Crippen molar-refractivity contribution in [2.24, 2.45) is 5.92 Å². The summed E-state index contributed by atoms with van der Waals surface area (Å²) in [4.78, 5) is 4.24. The van der Waals surface area contributed by atoms with Gasteiger partial charge in [-0.15, -0.1) is 0 Å². The molecular weight excluding hydrogens is 186 g/mol. The van der Waals surface area contributed by atoms with E-state index in [4.69, 9.17) is 5.73 Å². The molecule has 0 aromatic carbocycles. The van der Waals surface area contributed by atoms with Gasteiger partial charge in [0.25, 0.3) is 0 Å². The van der Waals surface area contributed by atoms with E-state index in [0.29, 0.717) is 0 Å². The minimum atomic E-state index is 0.784. The summed E-state index contributed by atoms with van der Waals surface area (Å²) in [6, 6.07) is 3.76. The fourth-order valence-electron chi connectivity index (χ4n) is 1.73.